The molecule has 1 rings (SSSR count). The highest BCUT2D eigenvalue weighted by atomic mass is 16.5. The quantitative estimate of drug-likeness (QED) is 0.643. The maximum absolute atomic E-state index is 10.6. The zero-order valence-electron chi connectivity index (χ0n) is 5.94. The molecule has 0 aliphatic rings. The van der Waals surface area contributed by atoms with Crippen LogP contribution >= 0.6 is 0 Å². The van der Waals surface area contributed by atoms with Crippen LogP contribution in [0.3, 0.4) is 0 Å². The molecular weight excluding hydrogens is 146 g/mol. The Kier molecular flexibility index (Phi) is 2.37. The molecule has 5 heteroatoms. The first kappa shape index (κ1) is 7.46. The summed E-state index contributed by atoms with van der Waals surface area (Å²) in [7, 11) is 1.30. The van der Waals surface area contributed by atoms with Crippen molar-refractivity contribution in [3.8, 4) is 0 Å². The number of aromatic nitrogens is 2. The Morgan fingerprint density at radius 3 is 3.00 bits per heavy atom. The Labute approximate surface area is 63.4 Å². The first-order valence-corrected chi connectivity index (χ1v) is 2.94. The number of methoxy groups -OCH3 is 1. The third-order valence-corrected chi connectivity index (χ3v) is 1.02. The van der Waals surface area contributed by atoms with Crippen molar-refractivity contribution in [1.82, 2.24) is 10.2 Å². The second kappa shape index (κ2) is 3.50. The predicted molar refractivity (Wildman–Crippen MR) is 38.1 cm³/mol. The lowest BCUT2D eigenvalue weighted by atomic mass is 10.5. The molecule has 11 heavy (non-hydrogen) atoms. The van der Waals surface area contributed by atoms with Gasteiger partial charge in [-0.15, -0.1) is 0 Å². The predicted octanol–water partition coefficient (Wildman–Crippen LogP) is 0.655. The van der Waals surface area contributed by atoms with E-state index in [0.29, 0.717) is 5.69 Å². The van der Waals surface area contributed by atoms with Crippen LogP contribution in [0.4, 0.5) is 10.5 Å². The molecule has 0 bridgehead atoms. The van der Waals surface area contributed by atoms with Crippen LogP contribution in [0.25, 0.3) is 0 Å². The van der Waals surface area contributed by atoms with Gasteiger partial charge in [0.05, 0.1) is 25.2 Å². The van der Waals surface area contributed by atoms with Gasteiger partial charge < -0.3 is 4.74 Å². The van der Waals surface area contributed by atoms with Crippen LogP contribution in [0.15, 0.2) is 18.5 Å². The monoisotopic (exact) mass is 153 g/mol. The molecule has 1 heterocycles. The van der Waals surface area contributed by atoms with Crippen LogP contribution in [-0.4, -0.2) is 23.4 Å². The number of carbonyl (C=O) groups excluding carboxylic acids is 1. The molecule has 0 saturated carbocycles. The van der Waals surface area contributed by atoms with E-state index in [1.54, 1.807) is 6.07 Å². The fourth-order valence-corrected chi connectivity index (χ4v) is 0.534. The van der Waals surface area contributed by atoms with Crippen LogP contribution < -0.4 is 5.32 Å². The van der Waals surface area contributed by atoms with Gasteiger partial charge in [0, 0.05) is 0 Å². The summed E-state index contributed by atoms with van der Waals surface area (Å²) in [6, 6.07) is 1.62. The lowest BCUT2D eigenvalue weighted by Crippen LogP contribution is -2.10. The van der Waals surface area contributed by atoms with Gasteiger partial charge in [-0.2, -0.15) is 10.2 Å². The summed E-state index contributed by atoms with van der Waals surface area (Å²) in [5, 5.41) is 9.52. The molecule has 58 valence electrons. The zero-order chi connectivity index (χ0) is 8.10. The smallest absolute Gasteiger partial charge is 0.411 e. The van der Waals surface area contributed by atoms with Gasteiger partial charge in [-0.1, -0.05) is 0 Å². The van der Waals surface area contributed by atoms with E-state index in [4.69, 9.17) is 0 Å². The van der Waals surface area contributed by atoms with E-state index >= 15 is 0 Å². The maximum atomic E-state index is 10.6. The van der Waals surface area contributed by atoms with Gasteiger partial charge in [-0.05, 0) is 6.07 Å². The van der Waals surface area contributed by atoms with E-state index in [1.165, 1.54) is 19.5 Å². The van der Waals surface area contributed by atoms with Crippen molar-refractivity contribution in [1.29, 1.82) is 0 Å². The molecule has 0 fully saturated rings. The minimum Gasteiger partial charge on any atom is -0.453 e. The second-order valence-corrected chi connectivity index (χ2v) is 1.75. The first-order valence-electron chi connectivity index (χ1n) is 2.94. The van der Waals surface area contributed by atoms with Crippen molar-refractivity contribution in [2.75, 3.05) is 12.4 Å². The van der Waals surface area contributed by atoms with E-state index in [1.807, 2.05) is 0 Å². The molecule has 1 N–H and O–H groups in total. The molecule has 0 unspecified atom stereocenters. The van der Waals surface area contributed by atoms with Gasteiger partial charge in [-0.3, -0.25) is 5.32 Å². The van der Waals surface area contributed by atoms with Crippen LogP contribution in [0.1, 0.15) is 0 Å². The molecule has 0 aliphatic carbocycles. The molecule has 0 spiro atoms. The molecular formula is C6H7N3O2. The fraction of sp³-hybridized carbons (Fsp3) is 0.167. The van der Waals surface area contributed by atoms with Crippen molar-refractivity contribution >= 4 is 11.8 Å². The third kappa shape index (κ3) is 2.21. The van der Waals surface area contributed by atoms with Gasteiger partial charge in [0.1, 0.15) is 0 Å². The highest BCUT2D eigenvalue weighted by molar-refractivity contribution is 5.83. The van der Waals surface area contributed by atoms with E-state index in [9.17, 15) is 4.79 Å². The summed E-state index contributed by atoms with van der Waals surface area (Å²) in [5.41, 5.74) is 0.562. The molecule has 0 aromatic carbocycles. The number of carbonyl (C=O) groups is 1. The molecule has 0 radical (unpaired) electrons. The van der Waals surface area contributed by atoms with E-state index in [2.05, 4.69) is 20.3 Å². The average Bonchev–Trinajstić information content (AvgIpc) is 2.06. The summed E-state index contributed by atoms with van der Waals surface area (Å²) in [6.45, 7) is 0. The molecule has 0 saturated heterocycles. The topological polar surface area (TPSA) is 64.1 Å². The highest BCUT2D eigenvalue weighted by Crippen LogP contribution is 2.00. The molecule has 5 nitrogen and oxygen atoms in total. The van der Waals surface area contributed by atoms with Crippen LogP contribution in [0, 0.1) is 0 Å². The van der Waals surface area contributed by atoms with Gasteiger partial charge in [0.25, 0.3) is 0 Å². The summed E-state index contributed by atoms with van der Waals surface area (Å²) in [4.78, 5) is 10.6. The Morgan fingerprint density at radius 1 is 1.64 bits per heavy atom. The molecule has 1 aromatic heterocycles. The maximum Gasteiger partial charge on any atom is 0.411 e. The van der Waals surface area contributed by atoms with Crippen molar-refractivity contribution in [3.05, 3.63) is 18.5 Å². The van der Waals surface area contributed by atoms with Crippen LogP contribution in [-0.2, 0) is 4.74 Å². The summed E-state index contributed by atoms with van der Waals surface area (Å²) >= 11 is 0. The van der Waals surface area contributed by atoms with E-state index < -0.39 is 6.09 Å². The van der Waals surface area contributed by atoms with Gasteiger partial charge >= 0.3 is 6.09 Å². The van der Waals surface area contributed by atoms with Crippen molar-refractivity contribution in [2.45, 2.75) is 0 Å². The largest absolute Gasteiger partial charge is 0.453 e. The zero-order valence-corrected chi connectivity index (χ0v) is 5.94. The number of rotatable bonds is 1. The minimum atomic E-state index is -0.516. The van der Waals surface area contributed by atoms with E-state index in [0.717, 1.165) is 0 Å². The molecule has 0 atom stereocenters. The first-order chi connectivity index (χ1) is 5.33. The number of nitrogens with one attached hydrogen (secondary N) is 1. The standard InChI is InChI=1S/C6H7N3O2/c1-11-6(10)9-5-2-3-7-8-4-5/h2-4H,1H3,(H,7,9,10). The van der Waals surface area contributed by atoms with Crippen molar-refractivity contribution < 1.29 is 9.53 Å². The van der Waals surface area contributed by atoms with Crippen molar-refractivity contribution in [2.24, 2.45) is 0 Å². The number of amides is 1. The summed E-state index contributed by atoms with van der Waals surface area (Å²) in [6.07, 6.45) is 2.39. The average molecular weight is 153 g/mol. The van der Waals surface area contributed by atoms with Crippen molar-refractivity contribution in [3.63, 3.8) is 0 Å². The number of hydrogen-bond acceptors (Lipinski definition) is 4. The SMILES string of the molecule is COC(=O)Nc1ccnnc1. The Hall–Kier alpha value is -1.65. The number of hydrogen-bond donors (Lipinski definition) is 1. The summed E-state index contributed by atoms with van der Waals surface area (Å²) < 4.78 is 4.36. The Morgan fingerprint density at radius 2 is 2.45 bits per heavy atom. The Bertz CT molecular complexity index is 237. The number of ether oxygens (including phenoxy) is 1. The molecule has 1 amide bonds. The van der Waals surface area contributed by atoms with Gasteiger partial charge in [0.2, 0.25) is 0 Å². The lowest BCUT2D eigenvalue weighted by Gasteiger charge is -2.00. The molecule has 0 aliphatic heterocycles. The third-order valence-electron chi connectivity index (χ3n) is 1.02. The van der Waals surface area contributed by atoms with Crippen LogP contribution in [0.5, 0.6) is 0 Å². The van der Waals surface area contributed by atoms with Gasteiger partial charge in [0.15, 0.2) is 0 Å². The fourth-order valence-electron chi connectivity index (χ4n) is 0.534. The van der Waals surface area contributed by atoms with Gasteiger partial charge in [-0.25, -0.2) is 4.79 Å². The van der Waals surface area contributed by atoms with E-state index in [-0.39, 0.29) is 0 Å². The normalized spacial score (nSPS) is 8.82. The highest BCUT2D eigenvalue weighted by Gasteiger charge is 1.97. The minimum absolute atomic E-state index is 0.516. The lowest BCUT2D eigenvalue weighted by molar-refractivity contribution is 0.187. The molecule has 1 aromatic rings. The second-order valence-electron chi connectivity index (χ2n) is 1.75. The number of anilines is 1. The Balaban J connectivity index is 2.58. The van der Waals surface area contributed by atoms with Crippen LogP contribution in [0.2, 0.25) is 0 Å². The number of nitrogens with zero attached hydrogens (tertiary/aromatic N) is 2. The summed E-state index contributed by atoms with van der Waals surface area (Å²) in [5.74, 6) is 0.